The zero-order valence-electron chi connectivity index (χ0n) is 12.9. The molecule has 2 aromatic heterocycles. The average Bonchev–Trinajstić information content (AvgIpc) is 3.25. The molecule has 1 amide bonds. The summed E-state index contributed by atoms with van der Waals surface area (Å²) in [5, 5.41) is 9.45. The van der Waals surface area contributed by atoms with E-state index >= 15 is 0 Å². The van der Waals surface area contributed by atoms with Crippen LogP contribution < -0.4 is 0 Å². The maximum absolute atomic E-state index is 13.6. The second-order valence-electron chi connectivity index (χ2n) is 5.07. The standard InChI is InChI=1S/C16H15FN4OS2/c1-21(9-11-5-2-3-6-12(11)17)14(22)10-24-16-18-15(19-20-16)13-7-4-8-23-13/h2-8H,9-10H2,1H3,(H,18,19,20). The molecule has 0 unspecified atom stereocenters. The number of halogens is 1. The van der Waals surface area contributed by atoms with Crippen molar-refractivity contribution in [2.45, 2.75) is 11.7 Å². The fourth-order valence-corrected chi connectivity index (χ4v) is 3.44. The minimum atomic E-state index is -0.306. The molecule has 24 heavy (non-hydrogen) atoms. The lowest BCUT2D eigenvalue weighted by Crippen LogP contribution is -2.28. The van der Waals surface area contributed by atoms with Gasteiger partial charge in [-0.1, -0.05) is 36.0 Å². The first-order valence-corrected chi connectivity index (χ1v) is 9.06. The number of rotatable bonds is 6. The molecule has 0 spiro atoms. The van der Waals surface area contributed by atoms with Crippen molar-refractivity contribution in [1.29, 1.82) is 0 Å². The van der Waals surface area contributed by atoms with Crippen molar-refractivity contribution >= 4 is 29.0 Å². The van der Waals surface area contributed by atoms with Crippen LogP contribution in [-0.4, -0.2) is 38.8 Å². The molecule has 0 radical (unpaired) electrons. The number of nitrogens with one attached hydrogen (secondary N) is 1. The number of nitrogens with zero attached hydrogens (tertiary/aromatic N) is 3. The van der Waals surface area contributed by atoms with Crippen molar-refractivity contribution in [3.8, 4) is 10.7 Å². The van der Waals surface area contributed by atoms with E-state index in [0.29, 0.717) is 16.5 Å². The van der Waals surface area contributed by atoms with E-state index in [1.807, 2.05) is 17.5 Å². The van der Waals surface area contributed by atoms with Gasteiger partial charge in [-0.2, -0.15) is 0 Å². The van der Waals surface area contributed by atoms with Crippen LogP contribution in [0.2, 0.25) is 0 Å². The Morgan fingerprint density at radius 3 is 2.92 bits per heavy atom. The molecule has 1 N–H and O–H groups in total. The van der Waals surface area contributed by atoms with Crippen LogP contribution in [0.3, 0.4) is 0 Å². The van der Waals surface area contributed by atoms with E-state index in [1.54, 1.807) is 36.6 Å². The number of hydrogen-bond donors (Lipinski definition) is 1. The number of H-pyrrole nitrogens is 1. The highest BCUT2D eigenvalue weighted by Gasteiger charge is 2.14. The second kappa shape index (κ2) is 7.59. The number of amides is 1. The minimum absolute atomic E-state index is 0.106. The van der Waals surface area contributed by atoms with Crippen molar-refractivity contribution in [3.63, 3.8) is 0 Å². The summed E-state index contributed by atoms with van der Waals surface area (Å²) in [6, 6.07) is 10.3. The van der Waals surface area contributed by atoms with Crippen LogP contribution >= 0.6 is 23.1 Å². The topological polar surface area (TPSA) is 61.9 Å². The maximum atomic E-state index is 13.6. The summed E-state index contributed by atoms with van der Waals surface area (Å²) in [6.45, 7) is 0.237. The summed E-state index contributed by atoms with van der Waals surface area (Å²) in [5.74, 6) is 0.483. The number of aromatic nitrogens is 3. The lowest BCUT2D eigenvalue weighted by molar-refractivity contribution is -0.127. The predicted octanol–water partition coefficient (Wildman–Crippen LogP) is 3.42. The summed E-state index contributed by atoms with van der Waals surface area (Å²) in [5.41, 5.74) is 0.497. The molecule has 5 nitrogen and oxygen atoms in total. The third kappa shape index (κ3) is 4.01. The van der Waals surface area contributed by atoms with Crippen LogP contribution in [-0.2, 0) is 11.3 Å². The first kappa shape index (κ1) is 16.7. The number of carbonyl (C=O) groups is 1. The Morgan fingerprint density at radius 2 is 2.17 bits per heavy atom. The monoisotopic (exact) mass is 362 g/mol. The number of benzene rings is 1. The molecular weight excluding hydrogens is 347 g/mol. The van der Waals surface area contributed by atoms with Crippen LogP contribution in [0.15, 0.2) is 46.9 Å². The molecule has 8 heteroatoms. The lowest BCUT2D eigenvalue weighted by atomic mass is 10.2. The van der Waals surface area contributed by atoms with Crippen LogP contribution in [0.5, 0.6) is 0 Å². The Kier molecular flexibility index (Phi) is 5.27. The summed E-state index contributed by atoms with van der Waals surface area (Å²) in [6.07, 6.45) is 0. The molecule has 0 fully saturated rings. The molecule has 0 aliphatic carbocycles. The molecule has 3 aromatic rings. The number of hydrogen-bond acceptors (Lipinski definition) is 5. The van der Waals surface area contributed by atoms with Gasteiger partial charge in [0.25, 0.3) is 0 Å². The van der Waals surface area contributed by atoms with E-state index < -0.39 is 0 Å². The third-order valence-corrected chi connectivity index (χ3v) is 5.04. The van der Waals surface area contributed by atoms with E-state index in [4.69, 9.17) is 0 Å². The van der Waals surface area contributed by atoms with Gasteiger partial charge in [0, 0.05) is 19.2 Å². The molecule has 2 heterocycles. The van der Waals surface area contributed by atoms with E-state index in [-0.39, 0.29) is 24.0 Å². The largest absolute Gasteiger partial charge is 0.341 e. The number of carbonyl (C=O) groups excluding carboxylic acids is 1. The van der Waals surface area contributed by atoms with E-state index in [1.165, 1.54) is 22.7 Å². The van der Waals surface area contributed by atoms with Gasteiger partial charge >= 0.3 is 0 Å². The summed E-state index contributed by atoms with van der Waals surface area (Å²) in [4.78, 5) is 19.0. The minimum Gasteiger partial charge on any atom is -0.341 e. The van der Waals surface area contributed by atoms with Gasteiger partial charge < -0.3 is 4.90 Å². The fraction of sp³-hybridized carbons (Fsp3) is 0.188. The number of aromatic amines is 1. The molecule has 0 saturated carbocycles. The summed E-state index contributed by atoms with van der Waals surface area (Å²) < 4.78 is 13.6. The molecule has 0 aliphatic rings. The quantitative estimate of drug-likeness (QED) is 0.683. The lowest BCUT2D eigenvalue weighted by Gasteiger charge is -2.17. The Balaban J connectivity index is 1.54. The number of thioether (sulfide) groups is 1. The molecule has 3 rings (SSSR count). The highest BCUT2D eigenvalue weighted by atomic mass is 32.2. The van der Waals surface area contributed by atoms with E-state index in [0.717, 1.165) is 4.88 Å². The van der Waals surface area contributed by atoms with Gasteiger partial charge in [0.1, 0.15) is 5.82 Å². The predicted molar refractivity (Wildman–Crippen MR) is 93.3 cm³/mol. The SMILES string of the molecule is CN(Cc1ccccc1F)C(=O)CSc1n[nH]c(-c2cccs2)n1. The highest BCUT2D eigenvalue weighted by molar-refractivity contribution is 7.99. The first-order chi connectivity index (χ1) is 11.6. The molecule has 0 atom stereocenters. The van der Waals surface area contributed by atoms with Crippen molar-refractivity contribution in [2.24, 2.45) is 0 Å². The average molecular weight is 362 g/mol. The summed E-state index contributed by atoms with van der Waals surface area (Å²) >= 11 is 2.82. The maximum Gasteiger partial charge on any atom is 0.233 e. The van der Waals surface area contributed by atoms with Crippen LogP contribution in [0, 0.1) is 5.82 Å². The molecule has 0 aliphatic heterocycles. The van der Waals surface area contributed by atoms with Gasteiger partial charge in [-0.3, -0.25) is 9.89 Å². The fourth-order valence-electron chi connectivity index (χ4n) is 2.04. The van der Waals surface area contributed by atoms with Crippen LogP contribution in [0.4, 0.5) is 4.39 Å². The van der Waals surface area contributed by atoms with E-state index in [9.17, 15) is 9.18 Å². The van der Waals surface area contributed by atoms with E-state index in [2.05, 4.69) is 15.2 Å². The van der Waals surface area contributed by atoms with Crippen LogP contribution in [0.1, 0.15) is 5.56 Å². The molecular formula is C16H15FN4OS2. The van der Waals surface area contributed by atoms with Gasteiger partial charge in [-0.15, -0.1) is 16.4 Å². The molecule has 1 aromatic carbocycles. The Labute approximate surface area is 146 Å². The molecule has 0 saturated heterocycles. The van der Waals surface area contributed by atoms with Crippen LogP contribution in [0.25, 0.3) is 10.7 Å². The highest BCUT2D eigenvalue weighted by Crippen LogP contribution is 2.23. The van der Waals surface area contributed by atoms with Crippen molar-refractivity contribution in [2.75, 3.05) is 12.8 Å². The van der Waals surface area contributed by atoms with Crippen molar-refractivity contribution < 1.29 is 9.18 Å². The van der Waals surface area contributed by atoms with Crippen molar-refractivity contribution in [1.82, 2.24) is 20.1 Å². The molecule has 124 valence electrons. The zero-order valence-corrected chi connectivity index (χ0v) is 14.5. The zero-order chi connectivity index (χ0) is 16.9. The Morgan fingerprint density at radius 1 is 1.33 bits per heavy atom. The van der Waals surface area contributed by atoms with Crippen molar-refractivity contribution in [3.05, 3.63) is 53.2 Å². The third-order valence-electron chi connectivity index (χ3n) is 3.34. The van der Waals surface area contributed by atoms with Gasteiger partial charge in [0.05, 0.1) is 10.6 Å². The van der Waals surface area contributed by atoms with Gasteiger partial charge in [-0.25, -0.2) is 9.37 Å². The Bertz CT molecular complexity index is 819. The normalized spacial score (nSPS) is 10.8. The Hall–Kier alpha value is -2.19. The smallest absolute Gasteiger partial charge is 0.233 e. The first-order valence-electron chi connectivity index (χ1n) is 7.20. The second-order valence-corrected chi connectivity index (χ2v) is 6.96. The summed E-state index contributed by atoms with van der Waals surface area (Å²) in [7, 11) is 1.66. The molecule has 0 bridgehead atoms. The van der Waals surface area contributed by atoms with Gasteiger partial charge in [0.2, 0.25) is 11.1 Å². The van der Waals surface area contributed by atoms with Gasteiger partial charge in [0.15, 0.2) is 5.82 Å². The number of thiophene rings is 1. The van der Waals surface area contributed by atoms with Gasteiger partial charge in [-0.05, 0) is 17.5 Å².